The third kappa shape index (κ3) is 4.93. The summed E-state index contributed by atoms with van der Waals surface area (Å²) in [5.41, 5.74) is 0. The number of nitrogens with zero attached hydrogens (tertiary/aromatic N) is 1. The molecule has 0 aromatic rings. The summed E-state index contributed by atoms with van der Waals surface area (Å²) in [6, 6.07) is 0.593. The summed E-state index contributed by atoms with van der Waals surface area (Å²) in [7, 11) is 2.06. The van der Waals surface area contributed by atoms with E-state index in [1.807, 2.05) is 0 Å². The molecule has 1 aliphatic rings. The van der Waals surface area contributed by atoms with Gasteiger partial charge in [0.05, 0.1) is 12.7 Å². The average Bonchev–Trinajstić information content (AvgIpc) is 2.09. The zero-order valence-corrected chi connectivity index (χ0v) is 9.91. The van der Waals surface area contributed by atoms with E-state index in [2.05, 4.69) is 24.2 Å². The van der Waals surface area contributed by atoms with Gasteiger partial charge in [-0.1, -0.05) is 13.3 Å². The lowest BCUT2D eigenvalue weighted by Gasteiger charge is -2.36. The smallest absolute Gasteiger partial charge is 0.0900 e. The number of likely N-dealkylation sites (N-methyl/N-ethyl adjacent to an activating group) is 1. The molecule has 1 unspecified atom stereocenters. The van der Waals surface area contributed by atoms with Gasteiger partial charge in [0.15, 0.2) is 0 Å². The van der Waals surface area contributed by atoms with Crippen molar-refractivity contribution in [3.63, 3.8) is 0 Å². The van der Waals surface area contributed by atoms with Crippen molar-refractivity contribution in [2.24, 2.45) is 0 Å². The summed E-state index contributed by atoms with van der Waals surface area (Å²) in [4.78, 5) is 2.20. The van der Waals surface area contributed by atoms with Gasteiger partial charge in [-0.3, -0.25) is 4.90 Å². The van der Waals surface area contributed by atoms with Crippen LogP contribution < -0.4 is 5.32 Å². The zero-order chi connectivity index (χ0) is 11.1. The highest BCUT2D eigenvalue weighted by molar-refractivity contribution is 4.83. The quantitative estimate of drug-likeness (QED) is 0.564. The average molecular weight is 216 g/mol. The Morgan fingerprint density at radius 2 is 2.27 bits per heavy atom. The van der Waals surface area contributed by atoms with E-state index in [1.165, 1.54) is 0 Å². The molecule has 1 atom stereocenters. The predicted molar refractivity (Wildman–Crippen MR) is 61.0 cm³/mol. The van der Waals surface area contributed by atoms with Crippen LogP contribution in [0.3, 0.4) is 0 Å². The van der Waals surface area contributed by atoms with E-state index in [1.54, 1.807) is 0 Å². The largest absolute Gasteiger partial charge is 0.389 e. The molecule has 15 heavy (non-hydrogen) atoms. The summed E-state index contributed by atoms with van der Waals surface area (Å²) in [5.74, 6) is 0. The van der Waals surface area contributed by atoms with Crippen molar-refractivity contribution < 1.29 is 9.84 Å². The Hall–Kier alpha value is -0.160. The first-order chi connectivity index (χ1) is 7.24. The number of ether oxygens (including phenoxy) is 1. The van der Waals surface area contributed by atoms with Gasteiger partial charge in [-0.2, -0.15) is 0 Å². The molecule has 1 aliphatic heterocycles. The molecule has 0 saturated carbocycles. The highest BCUT2D eigenvalue weighted by Gasteiger charge is 2.22. The van der Waals surface area contributed by atoms with E-state index < -0.39 is 0 Å². The summed E-state index contributed by atoms with van der Waals surface area (Å²) in [6.07, 6.45) is 1.87. The number of nitrogens with one attached hydrogen (secondary N) is 1. The maximum atomic E-state index is 9.70. The Bertz CT molecular complexity index is 163. The van der Waals surface area contributed by atoms with Gasteiger partial charge in [0.2, 0.25) is 0 Å². The molecule has 1 fully saturated rings. The minimum Gasteiger partial charge on any atom is -0.389 e. The van der Waals surface area contributed by atoms with Crippen LogP contribution in [0.1, 0.15) is 19.8 Å². The highest BCUT2D eigenvalue weighted by Crippen LogP contribution is 2.03. The molecule has 0 aromatic heterocycles. The van der Waals surface area contributed by atoms with Crippen molar-refractivity contribution in [2.45, 2.75) is 31.9 Å². The second kappa shape index (κ2) is 7.17. The molecule has 1 heterocycles. The summed E-state index contributed by atoms with van der Waals surface area (Å²) in [6.45, 7) is 6.15. The van der Waals surface area contributed by atoms with Gasteiger partial charge in [-0.15, -0.1) is 0 Å². The van der Waals surface area contributed by atoms with Crippen molar-refractivity contribution in [3.8, 4) is 0 Å². The van der Waals surface area contributed by atoms with Gasteiger partial charge in [-0.25, -0.2) is 0 Å². The predicted octanol–water partition coefficient (Wildman–Crippen LogP) is 0.0676. The van der Waals surface area contributed by atoms with E-state index in [9.17, 15) is 5.11 Å². The maximum Gasteiger partial charge on any atom is 0.0900 e. The molecule has 4 heteroatoms. The maximum absolute atomic E-state index is 9.70. The van der Waals surface area contributed by atoms with Crippen molar-refractivity contribution in [3.05, 3.63) is 0 Å². The number of rotatable bonds is 8. The SMILES string of the molecule is CCCCOCC(O)CN(C)C1CNC1. The lowest BCUT2D eigenvalue weighted by atomic mass is 10.1. The number of aliphatic hydroxyl groups excluding tert-OH is 1. The molecule has 0 bridgehead atoms. The third-order valence-corrected chi connectivity index (χ3v) is 2.83. The van der Waals surface area contributed by atoms with Crippen molar-refractivity contribution in [2.75, 3.05) is 39.9 Å². The van der Waals surface area contributed by atoms with Crippen LogP contribution >= 0.6 is 0 Å². The van der Waals surface area contributed by atoms with E-state index in [0.717, 1.165) is 32.5 Å². The molecule has 0 amide bonds. The van der Waals surface area contributed by atoms with Gasteiger partial charge < -0.3 is 15.2 Å². The van der Waals surface area contributed by atoms with Gasteiger partial charge in [0.1, 0.15) is 0 Å². The van der Waals surface area contributed by atoms with Crippen LogP contribution in [0.25, 0.3) is 0 Å². The third-order valence-electron chi connectivity index (χ3n) is 2.83. The minimum absolute atomic E-state index is 0.354. The molecule has 4 nitrogen and oxygen atoms in total. The Balaban J connectivity index is 1.98. The Kier molecular flexibility index (Phi) is 6.17. The summed E-state index contributed by atoms with van der Waals surface area (Å²) in [5, 5.41) is 12.9. The number of hydrogen-bond donors (Lipinski definition) is 2. The molecule has 1 rings (SSSR count). The molecule has 0 spiro atoms. The lowest BCUT2D eigenvalue weighted by molar-refractivity contribution is 0.00899. The normalized spacial score (nSPS) is 19.2. The van der Waals surface area contributed by atoms with Gasteiger partial charge in [0, 0.05) is 32.3 Å². The first kappa shape index (κ1) is 12.9. The van der Waals surface area contributed by atoms with E-state index in [-0.39, 0.29) is 6.10 Å². The van der Waals surface area contributed by atoms with Crippen molar-refractivity contribution in [1.29, 1.82) is 0 Å². The molecule has 0 aromatic carbocycles. The van der Waals surface area contributed by atoms with E-state index in [4.69, 9.17) is 4.74 Å². The molecule has 90 valence electrons. The molecular weight excluding hydrogens is 192 g/mol. The van der Waals surface area contributed by atoms with Crippen LogP contribution in [0.4, 0.5) is 0 Å². The van der Waals surface area contributed by atoms with Gasteiger partial charge in [-0.05, 0) is 13.5 Å². The van der Waals surface area contributed by atoms with Crippen LogP contribution in [-0.2, 0) is 4.74 Å². The lowest BCUT2D eigenvalue weighted by Crippen LogP contribution is -2.57. The van der Waals surface area contributed by atoms with Gasteiger partial charge >= 0.3 is 0 Å². The number of aliphatic hydroxyl groups is 1. The van der Waals surface area contributed by atoms with Crippen LogP contribution in [0.2, 0.25) is 0 Å². The second-order valence-electron chi connectivity index (χ2n) is 4.33. The number of hydrogen-bond acceptors (Lipinski definition) is 4. The van der Waals surface area contributed by atoms with Gasteiger partial charge in [0.25, 0.3) is 0 Å². The summed E-state index contributed by atoms with van der Waals surface area (Å²) < 4.78 is 5.38. The van der Waals surface area contributed by atoms with Crippen molar-refractivity contribution in [1.82, 2.24) is 10.2 Å². The fourth-order valence-corrected chi connectivity index (χ4v) is 1.59. The van der Waals surface area contributed by atoms with Crippen LogP contribution in [0.15, 0.2) is 0 Å². The topological polar surface area (TPSA) is 44.7 Å². The zero-order valence-electron chi connectivity index (χ0n) is 9.91. The van der Waals surface area contributed by atoms with Crippen LogP contribution in [0.5, 0.6) is 0 Å². The fourth-order valence-electron chi connectivity index (χ4n) is 1.59. The molecule has 1 saturated heterocycles. The fraction of sp³-hybridized carbons (Fsp3) is 1.00. The van der Waals surface area contributed by atoms with Crippen LogP contribution in [-0.4, -0.2) is 62.0 Å². The van der Waals surface area contributed by atoms with E-state index in [0.29, 0.717) is 19.2 Å². The summed E-state index contributed by atoms with van der Waals surface area (Å²) >= 11 is 0. The molecule has 2 N–H and O–H groups in total. The minimum atomic E-state index is -0.354. The molecule has 0 radical (unpaired) electrons. The number of unbranched alkanes of at least 4 members (excludes halogenated alkanes) is 1. The van der Waals surface area contributed by atoms with Crippen LogP contribution in [0, 0.1) is 0 Å². The van der Waals surface area contributed by atoms with Crippen molar-refractivity contribution >= 4 is 0 Å². The second-order valence-corrected chi connectivity index (χ2v) is 4.33. The first-order valence-electron chi connectivity index (χ1n) is 5.90. The highest BCUT2D eigenvalue weighted by atomic mass is 16.5. The monoisotopic (exact) mass is 216 g/mol. The Morgan fingerprint density at radius 3 is 2.80 bits per heavy atom. The first-order valence-corrected chi connectivity index (χ1v) is 5.90. The Morgan fingerprint density at radius 1 is 1.53 bits per heavy atom. The molecule has 0 aliphatic carbocycles. The van der Waals surface area contributed by atoms with E-state index >= 15 is 0 Å². The Labute approximate surface area is 92.6 Å². The standard InChI is InChI=1S/C11H24N2O2/c1-3-4-5-15-9-11(14)8-13(2)10-6-12-7-10/h10-12,14H,3-9H2,1-2H3. The molecular formula is C11H24N2O2.